The zero-order chi connectivity index (χ0) is 18.8. The Morgan fingerprint density at radius 3 is 2.81 bits per heavy atom. The first-order valence-electron chi connectivity index (χ1n) is 8.87. The number of nitrogens with one attached hydrogen (secondary N) is 1. The molecule has 0 aliphatic carbocycles. The van der Waals surface area contributed by atoms with Crippen molar-refractivity contribution in [1.82, 2.24) is 25.1 Å². The number of ether oxygens (including phenoxy) is 2. The first kappa shape index (κ1) is 17.3. The van der Waals surface area contributed by atoms with Crippen LogP contribution in [0.3, 0.4) is 0 Å². The van der Waals surface area contributed by atoms with Crippen LogP contribution in [0, 0.1) is 0 Å². The van der Waals surface area contributed by atoms with Crippen molar-refractivity contribution in [3.05, 3.63) is 41.9 Å². The van der Waals surface area contributed by atoms with Crippen LogP contribution in [0.2, 0.25) is 0 Å². The number of piperidine rings is 1. The lowest BCUT2D eigenvalue weighted by atomic mass is 9.93. The van der Waals surface area contributed by atoms with E-state index < -0.39 is 0 Å². The third-order valence-electron chi connectivity index (χ3n) is 4.96. The minimum absolute atomic E-state index is 0.0180. The lowest BCUT2D eigenvalue weighted by Crippen LogP contribution is -2.39. The van der Waals surface area contributed by atoms with Gasteiger partial charge < -0.3 is 14.4 Å². The van der Waals surface area contributed by atoms with Crippen LogP contribution >= 0.6 is 0 Å². The number of amides is 1. The molecule has 1 aliphatic rings. The van der Waals surface area contributed by atoms with Crippen LogP contribution in [-0.4, -0.2) is 58.3 Å². The smallest absolute Gasteiger partial charge is 0.254 e. The summed E-state index contributed by atoms with van der Waals surface area (Å²) in [5.41, 5.74) is 2.92. The Balaban J connectivity index is 1.57. The van der Waals surface area contributed by atoms with Gasteiger partial charge in [0.15, 0.2) is 17.1 Å². The van der Waals surface area contributed by atoms with Crippen molar-refractivity contribution in [1.29, 1.82) is 0 Å². The normalized spacial score (nSPS) is 17.1. The zero-order valence-corrected chi connectivity index (χ0v) is 15.3. The van der Waals surface area contributed by atoms with E-state index >= 15 is 0 Å². The van der Waals surface area contributed by atoms with Crippen LogP contribution in [0.1, 0.15) is 34.8 Å². The molecule has 8 nitrogen and oxygen atoms in total. The largest absolute Gasteiger partial charge is 0.493 e. The van der Waals surface area contributed by atoms with E-state index in [9.17, 15) is 4.79 Å². The van der Waals surface area contributed by atoms with E-state index in [-0.39, 0.29) is 11.8 Å². The van der Waals surface area contributed by atoms with Crippen molar-refractivity contribution in [2.75, 3.05) is 27.3 Å². The molecule has 1 atom stereocenters. The summed E-state index contributed by atoms with van der Waals surface area (Å²) < 4.78 is 10.6. The van der Waals surface area contributed by atoms with Gasteiger partial charge in [0.25, 0.3) is 5.91 Å². The quantitative estimate of drug-likeness (QED) is 0.761. The number of aromatic nitrogens is 4. The fourth-order valence-electron chi connectivity index (χ4n) is 3.60. The molecule has 1 amide bonds. The summed E-state index contributed by atoms with van der Waals surface area (Å²) in [6.07, 6.45) is 5.19. The van der Waals surface area contributed by atoms with Gasteiger partial charge in [-0.05, 0) is 31.0 Å². The second-order valence-electron chi connectivity index (χ2n) is 6.53. The molecule has 1 saturated heterocycles. The van der Waals surface area contributed by atoms with Gasteiger partial charge >= 0.3 is 0 Å². The number of aromatic amines is 1. The summed E-state index contributed by atoms with van der Waals surface area (Å²) in [5, 5.41) is 7.30. The third-order valence-corrected chi connectivity index (χ3v) is 4.96. The predicted molar refractivity (Wildman–Crippen MR) is 99.1 cm³/mol. The fraction of sp³-hybridized carbons (Fsp3) is 0.368. The van der Waals surface area contributed by atoms with E-state index in [1.165, 1.54) is 0 Å². The summed E-state index contributed by atoms with van der Waals surface area (Å²) in [7, 11) is 3.14. The summed E-state index contributed by atoms with van der Waals surface area (Å²) in [5.74, 6) is 1.29. The van der Waals surface area contributed by atoms with E-state index in [1.54, 1.807) is 44.8 Å². The van der Waals surface area contributed by atoms with Gasteiger partial charge in [0.1, 0.15) is 5.52 Å². The Morgan fingerprint density at radius 2 is 2.00 bits per heavy atom. The standard InChI is InChI=1S/C19H21N5O3/c1-26-14-6-5-12(10-15(14)27-2)19(25)24-9-3-4-13(11-24)16-17-18(23-22-16)21-8-7-20-17/h5-8,10,13H,3-4,9,11H2,1-2H3,(H,21,22,23). The number of carbonyl (C=O) groups is 1. The summed E-state index contributed by atoms with van der Waals surface area (Å²) in [4.78, 5) is 23.5. The van der Waals surface area contributed by atoms with Crippen LogP contribution in [0.15, 0.2) is 30.6 Å². The number of carbonyl (C=O) groups excluding carboxylic acids is 1. The van der Waals surface area contributed by atoms with Crippen molar-refractivity contribution in [2.24, 2.45) is 0 Å². The lowest BCUT2D eigenvalue weighted by Gasteiger charge is -2.32. The Hall–Kier alpha value is -3.16. The number of methoxy groups -OCH3 is 2. The maximum Gasteiger partial charge on any atom is 0.254 e. The molecule has 0 saturated carbocycles. The second kappa shape index (κ2) is 7.22. The van der Waals surface area contributed by atoms with Crippen molar-refractivity contribution in [2.45, 2.75) is 18.8 Å². The second-order valence-corrected chi connectivity index (χ2v) is 6.53. The Morgan fingerprint density at radius 1 is 1.19 bits per heavy atom. The Labute approximate surface area is 156 Å². The maximum atomic E-state index is 13.0. The topological polar surface area (TPSA) is 93.2 Å². The van der Waals surface area contributed by atoms with Gasteiger partial charge in [-0.15, -0.1) is 0 Å². The lowest BCUT2D eigenvalue weighted by molar-refractivity contribution is 0.0705. The molecule has 3 aromatic rings. The molecule has 1 aliphatic heterocycles. The highest BCUT2D eigenvalue weighted by atomic mass is 16.5. The molecule has 1 N–H and O–H groups in total. The van der Waals surface area contributed by atoms with Crippen molar-refractivity contribution in [3.63, 3.8) is 0 Å². The van der Waals surface area contributed by atoms with Crippen LogP contribution in [0.25, 0.3) is 11.2 Å². The molecule has 1 unspecified atom stereocenters. The van der Waals surface area contributed by atoms with Crippen LogP contribution < -0.4 is 9.47 Å². The van der Waals surface area contributed by atoms with E-state index in [0.29, 0.717) is 29.3 Å². The van der Waals surface area contributed by atoms with E-state index in [0.717, 1.165) is 30.6 Å². The molecular formula is C19H21N5O3. The first-order chi connectivity index (χ1) is 13.2. The molecule has 2 aromatic heterocycles. The first-order valence-corrected chi connectivity index (χ1v) is 8.87. The highest BCUT2D eigenvalue weighted by Crippen LogP contribution is 2.31. The zero-order valence-electron chi connectivity index (χ0n) is 15.3. The molecule has 1 aromatic carbocycles. The van der Waals surface area contributed by atoms with E-state index in [4.69, 9.17) is 9.47 Å². The van der Waals surface area contributed by atoms with Crippen LogP contribution in [0.4, 0.5) is 0 Å². The predicted octanol–water partition coefficient (Wildman–Crippen LogP) is 2.39. The molecule has 4 rings (SSSR count). The third kappa shape index (κ3) is 3.18. The highest BCUT2D eigenvalue weighted by Gasteiger charge is 2.28. The molecule has 0 radical (unpaired) electrons. The number of nitrogens with zero attached hydrogens (tertiary/aromatic N) is 4. The van der Waals surface area contributed by atoms with Gasteiger partial charge in [0, 0.05) is 37.0 Å². The van der Waals surface area contributed by atoms with Gasteiger partial charge in [0.05, 0.1) is 19.9 Å². The van der Waals surface area contributed by atoms with Gasteiger partial charge in [-0.2, -0.15) is 5.10 Å². The molecule has 3 heterocycles. The number of rotatable bonds is 4. The van der Waals surface area contributed by atoms with Crippen molar-refractivity contribution < 1.29 is 14.3 Å². The summed E-state index contributed by atoms with van der Waals surface area (Å²) in [6, 6.07) is 5.25. The van der Waals surface area contributed by atoms with Gasteiger partial charge in [-0.1, -0.05) is 0 Å². The molecular weight excluding hydrogens is 346 g/mol. The number of likely N-dealkylation sites (tertiary alicyclic amines) is 1. The highest BCUT2D eigenvalue weighted by molar-refractivity contribution is 5.95. The van der Waals surface area contributed by atoms with Crippen molar-refractivity contribution in [3.8, 4) is 11.5 Å². The van der Waals surface area contributed by atoms with Gasteiger partial charge in [-0.25, -0.2) is 9.97 Å². The SMILES string of the molecule is COc1ccc(C(=O)N2CCCC(c3[nH]nc4nccnc34)C2)cc1OC. The molecule has 8 heteroatoms. The van der Waals surface area contributed by atoms with Crippen molar-refractivity contribution >= 4 is 17.1 Å². The molecule has 0 spiro atoms. The van der Waals surface area contributed by atoms with E-state index in [2.05, 4.69) is 20.2 Å². The van der Waals surface area contributed by atoms with Crippen LogP contribution in [0.5, 0.6) is 11.5 Å². The molecule has 0 bridgehead atoms. The van der Waals surface area contributed by atoms with Gasteiger partial charge in [0.2, 0.25) is 0 Å². The average molecular weight is 367 g/mol. The van der Waals surface area contributed by atoms with Crippen LogP contribution in [-0.2, 0) is 0 Å². The summed E-state index contributed by atoms with van der Waals surface area (Å²) >= 11 is 0. The number of benzene rings is 1. The number of H-pyrrole nitrogens is 1. The molecule has 1 fully saturated rings. The summed E-state index contributed by atoms with van der Waals surface area (Å²) in [6.45, 7) is 1.34. The molecule has 140 valence electrons. The average Bonchev–Trinajstić information content (AvgIpc) is 3.17. The van der Waals surface area contributed by atoms with Gasteiger partial charge in [-0.3, -0.25) is 9.89 Å². The number of fused-ring (bicyclic) bond motifs is 1. The maximum absolute atomic E-state index is 13.0. The Kier molecular flexibility index (Phi) is 4.62. The minimum Gasteiger partial charge on any atom is -0.493 e. The fourth-order valence-corrected chi connectivity index (χ4v) is 3.60. The minimum atomic E-state index is -0.0180. The Bertz CT molecular complexity index is 971. The van der Waals surface area contributed by atoms with E-state index in [1.807, 2.05) is 4.90 Å². The number of hydrogen-bond acceptors (Lipinski definition) is 6. The molecule has 27 heavy (non-hydrogen) atoms. The number of hydrogen-bond donors (Lipinski definition) is 1. The monoisotopic (exact) mass is 367 g/mol.